The van der Waals surface area contributed by atoms with Gasteiger partial charge in [-0.25, -0.2) is 9.18 Å². The standard InChI is InChI=1S/C12H21FO3/c1-3-16-12(15)10(13)11(14)9-6-4-5-8(2)7-9/h8-11,14H,3-7H2,1-2H3. The summed E-state index contributed by atoms with van der Waals surface area (Å²) in [7, 11) is 0. The van der Waals surface area contributed by atoms with E-state index in [0.717, 1.165) is 25.7 Å². The van der Waals surface area contributed by atoms with Crippen molar-refractivity contribution in [2.75, 3.05) is 6.61 Å². The number of hydrogen-bond donors (Lipinski definition) is 1. The van der Waals surface area contributed by atoms with Crippen LogP contribution in [0.5, 0.6) is 0 Å². The molecule has 4 heteroatoms. The van der Waals surface area contributed by atoms with Crippen molar-refractivity contribution in [1.29, 1.82) is 0 Å². The number of ether oxygens (including phenoxy) is 1. The first kappa shape index (κ1) is 13.4. The zero-order chi connectivity index (χ0) is 12.1. The minimum atomic E-state index is -1.89. The van der Waals surface area contributed by atoms with Crippen molar-refractivity contribution in [1.82, 2.24) is 0 Å². The average Bonchev–Trinajstić information content (AvgIpc) is 2.27. The van der Waals surface area contributed by atoms with Crippen LogP contribution in [-0.2, 0) is 9.53 Å². The van der Waals surface area contributed by atoms with Gasteiger partial charge in [0.15, 0.2) is 0 Å². The van der Waals surface area contributed by atoms with E-state index in [0.29, 0.717) is 5.92 Å². The summed E-state index contributed by atoms with van der Waals surface area (Å²) in [5.41, 5.74) is 0. The highest BCUT2D eigenvalue weighted by Crippen LogP contribution is 2.32. The summed E-state index contributed by atoms with van der Waals surface area (Å²) in [6.07, 6.45) is 0.613. The minimum absolute atomic E-state index is 0.108. The molecule has 0 aromatic carbocycles. The van der Waals surface area contributed by atoms with Crippen LogP contribution in [0.4, 0.5) is 4.39 Å². The van der Waals surface area contributed by atoms with Gasteiger partial charge in [-0.3, -0.25) is 0 Å². The number of esters is 1. The Labute approximate surface area is 96.0 Å². The van der Waals surface area contributed by atoms with E-state index >= 15 is 0 Å². The highest BCUT2D eigenvalue weighted by atomic mass is 19.1. The summed E-state index contributed by atoms with van der Waals surface area (Å²) >= 11 is 0. The lowest BCUT2D eigenvalue weighted by molar-refractivity contribution is -0.155. The Balaban J connectivity index is 2.48. The van der Waals surface area contributed by atoms with Crippen LogP contribution in [0.3, 0.4) is 0 Å². The number of rotatable bonds is 4. The van der Waals surface area contributed by atoms with E-state index in [1.54, 1.807) is 6.92 Å². The molecule has 0 aromatic heterocycles. The van der Waals surface area contributed by atoms with Crippen LogP contribution in [0, 0.1) is 11.8 Å². The summed E-state index contributed by atoms with van der Waals surface area (Å²) in [6.45, 7) is 3.86. The minimum Gasteiger partial charge on any atom is -0.464 e. The normalized spacial score (nSPS) is 29.5. The van der Waals surface area contributed by atoms with Crippen LogP contribution in [-0.4, -0.2) is 30.0 Å². The number of carbonyl (C=O) groups excluding carboxylic acids is 1. The Morgan fingerprint density at radius 2 is 2.25 bits per heavy atom. The maximum absolute atomic E-state index is 13.6. The molecule has 1 aliphatic carbocycles. The molecule has 4 atom stereocenters. The maximum Gasteiger partial charge on any atom is 0.343 e. The summed E-state index contributed by atoms with van der Waals surface area (Å²) in [4.78, 5) is 11.2. The monoisotopic (exact) mass is 232 g/mol. The second-order valence-electron chi connectivity index (χ2n) is 4.68. The molecule has 3 nitrogen and oxygen atoms in total. The quantitative estimate of drug-likeness (QED) is 0.755. The lowest BCUT2D eigenvalue weighted by atomic mass is 9.78. The van der Waals surface area contributed by atoms with E-state index in [1.165, 1.54) is 0 Å². The number of hydrogen-bond acceptors (Lipinski definition) is 3. The lowest BCUT2D eigenvalue weighted by Gasteiger charge is -2.31. The van der Waals surface area contributed by atoms with Crippen molar-refractivity contribution >= 4 is 5.97 Å². The van der Waals surface area contributed by atoms with Crippen molar-refractivity contribution in [2.45, 2.75) is 51.8 Å². The molecule has 1 N–H and O–H groups in total. The van der Waals surface area contributed by atoms with Crippen LogP contribution in [0.25, 0.3) is 0 Å². The van der Waals surface area contributed by atoms with Gasteiger partial charge in [0, 0.05) is 0 Å². The maximum atomic E-state index is 13.6. The van der Waals surface area contributed by atoms with Gasteiger partial charge in [-0.05, 0) is 31.6 Å². The van der Waals surface area contributed by atoms with Gasteiger partial charge in [0.25, 0.3) is 0 Å². The Morgan fingerprint density at radius 3 is 2.81 bits per heavy atom. The van der Waals surface area contributed by atoms with Crippen molar-refractivity contribution in [3.8, 4) is 0 Å². The molecule has 1 aliphatic rings. The third-order valence-corrected chi connectivity index (χ3v) is 3.27. The van der Waals surface area contributed by atoms with Crippen molar-refractivity contribution in [3.05, 3.63) is 0 Å². The Morgan fingerprint density at radius 1 is 1.56 bits per heavy atom. The van der Waals surface area contributed by atoms with Gasteiger partial charge in [-0.2, -0.15) is 0 Å². The SMILES string of the molecule is CCOC(=O)C(F)C(O)C1CCCC(C)C1. The lowest BCUT2D eigenvalue weighted by Crippen LogP contribution is -2.39. The van der Waals surface area contributed by atoms with E-state index < -0.39 is 18.2 Å². The first-order valence-electron chi connectivity index (χ1n) is 6.05. The molecule has 0 bridgehead atoms. The zero-order valence-electron chi connectivity index (χ0n) is 9.99. The number of carbonyl (C=O) groups is 1. The number of alkyl halides is 1. The van der Waals surface area contributed by atoms with E-state index in [-0.39, 0.29) is 12.5 Å². The van der Waals surface area contributed by atoms with Gasteiger partial charge in [0.1, 0.15) is 0 Å². The highest BCUT2D eigenvalue weighted by Gasteiger charge is 2.35. The van der Waals surface area contributed by atoms with Gasteiger partial charge < -0.3 is 9.84 Å². The van der Waals surface area contributed by atoms with E-state index in [9.17, 15) is 14.3 Å². The topological polar surface area (TPSA) is 46.5 Å². The number of aliphatic hydroxyl groups excluding tert-OH is 1. The Kier molecular flexibility index (Phi) is 5.19. The molecular weight excluding hydrogens is 211 g/mol. The second kappa shape index (κ2) is 6.18. The molecule has 0 radical (unpaired) electrons. The van der Waals surface area contributed by atoms with Gasteiger partial charge in [-0.15, -0.1) is 0 Å². The number of aliphatic hydroxyl groups is 1. The fourth-order valence-electron chi connectivity index (χ4n) is 2.39. The first-order valence-corrected chi connectivity index (χ1v) is 6.05. The molecule has 1 saturated carbocycles. The summed E-state index contributed by atoms with van der Waals surface area (Å²) in [5.74, 6) is -0.542. The van der Waals surface area contributed by atoms with Crippen LogP contribution in [0.1, 0.15) is 39.5 Å². The molecular formula is C12H21FO3. The zero-order valence-corrected chi connectivity index (χ0v) is 9.99. The molecule has 0 aliphatic heterocycles. The van der Waals surface area contributed by atoms with Crippen LogP contribution < -0.4 is 0 Å². The molecule has 94 valence electrons. The fourth-order valence-corrected chi connectivity index (χ4v) is 2.39. The summed E-state index contributed by atoms with van der Waals surface area (Å²) in [5, 5.41) is 9.78. The fraction of sp³-hybridized carbons (Fsp3) is 0.917. The van der Waals surface area contributed by atoms with Crippen molar-refractivity contribution in [3.63, 3.8) is 0 Å². The van der Waals surface area contributed by atoms with Gasteiger partial charge >= 0.3 is 5.97 Å². The predicted octanol–water partition coefficient (Wildman–Crippen LogP) is 2.07. The molecule has 0 amide bonds. The van der Waals surface area contributed by atoms with Crippen LogP contribution >= 0.6 is 0 Å². The van der Waals surface area contributed by atoms with E-state index in [1.807, 2.05) is 0 Å². The molecule has 0 heterocycles. The third kappa shape index (κ3) is 3.44. The van der Waals surface area contributed by atoms with Crippen LogP contribution in [0.15, 0.2) is 0 Å². The highest BCUT2D eigenvalue weighted by molar-refractivity contribution is 5.75. The van der Waals surface area contributed by atoms with E-state index in [4.69, 9.17) is 0 Å². The predicted molar refractivity (Wildman–Crippen MR) is 58.7 cm³/mol. The average molecular weight is 232 g/mol. The number of halogens is 1. The Bertz CT molecular complexity index is 232. The second-order valence-corrected chi connectivity index (χ2v) is 4.68. The van der Waals surface area contributed by atoms with Crippen molar-refractivity contribution in [2.24, 2.45) is 11.8 Å². The molecule has 0 spiro atoms. The van der Waals surface area contributed by atoms with Gasteiger partial charge in [-0.1, -0.05) is 19.8 Å². The van der Waals surface area contributed by atoms with Gasteiger partial charge in [0.05, 0.1) is 12.7 Å². The smallest absolute Gasteiger partial charge is 0.343 e. The molecule has 16 heavy (non-hydrogen) atoms. The molecule has 1 fully saturated rings. The Hall–Kier alpha value is -0.640. The molecule has 0 saturated heterocycles. The summed E-state index contributed by atoms with van der Waals surface area (Å²) in [6, 6.07) is 0. The van der Waals surface area contributed by atoms with Gasteiger partial charge in [0.2, 0.25) is 6.17 Å². The molecule has 0 aromatic rings. The largest absolute Gasteiger partial charge is 0.464 e. The molecule has 1 rings (SSSR count). The first-order chi connectivity index (χ1) is 7.56. The van der Waals surface area contributed by atoms with Crippen LogP contribution in [0.2, 0.25) is 0 Å². The summed E-state index contributed by atoms with van der Waals surface area (Å²) < 4.78 is 18.1. The third-order valence-electron chi connectivity index (χ3n) is 3.27. The van der Waals surface area contributed by atoms with E-state index in [2.05, 4.69) is 11.7 Å². The van der Waals surface area contributed by atoms with Crippen molar-refractivity contribution < 1.29 is 19.0 Å². The molecule has 4 unspecified atom stereocenters.